The van der Waals surface area contributed by atoms with E-state index in [1.54, 1.807) is 19.4 Å². The molecule has 0 aliphatic carbocycles. The minimum absolute atomic E-state index is 0.0520. The lowest BCUT2D eigenvalue weighted by Gasteiger charge is -2.17. The van der Waals surface area contributed by atoms with Crippen molar-refractivity contribution in [2.75, 3.05) is 0 Å². The molecule has 0 unspecified atom stereocenters. The molecular formula is C14H19N5O3. The Kier molecular flexibility index (Phi) is 4.92. The molecule has 8 nitrogen and oxygen atoms in total. The largest absolute Gasteiger partial charge is 0.351 e. The van der Waals surface area contributed by atoms with Crippen LogP contribution in [-0.4, -0.2) is 31.5 Å². The molecule has 0 aromatic carbocycles. The van der Waals surface area contributed by atoms with Crippen LogP contribution in [0.25, 0.3) is 0 Å². The summed E-state index contributed by atoms with van der Waals surface area (Å²) in [5, 5.41) is 2.89. The number of carbonyl (C=O) groups excluding carboxylic acids is 1. The summed E-state index contributed by atoms with van der Waals surface area (Å²) in [6.07, 6.45) is 5.87. The van der Waals surface area contributed by atoms with E-state index < -0.39 is 11.2 Å². The molecule has 118 valence electrons. The second-order valence-corrected chi connectivity index (χ2v) is 5.12. The molecule has 1 atom stereocenters. The van der Waals surface area contributed by atoms with Gasteiger partial charge in [0.25, 0.3) is 5.56 Å². The number of nitrogens with zero attached hydrogens (tertiary/aromatic N) is 2. The monoisotopic (exact) mass is 305 g/mol. The zero-order chi connectivity index (χ0) is 16.1. The predicted octanol–water partition coefficient (Wildman–Crippen LogP) is -0.294. The van der Waals surface area contributed by atoms with E-state index in [2.05, 4.69) is 20.3 Å². The molecular weight excluding hydrogens is 286 g/mol. The molecule has 22 heavy (non-hydrogen) atoms. The fourth-order valence-corrected chi connectivity index (χ4v) is 2.20. The van der Waals surface area contributed by atoms with E-state index in [9.17, 15) is 14.4 Å². The number of imidazole rings is 1. The van der Waals surface area contributed by atoms with Crippen molar-refractivity contribution in [2.24, 2.45) is 0 Å². The molecule has 0 saturated heterocycles. The number of aromatic nitrogens is 4. The number of hydrogen-bond acceptors (Lipinski definition) is 4. The summed E-state index contributed by atoms with van der Waals surface area (Å²) in [4.78, 5) is 43.6. The third-order valence-corrected chi connectivity index (χ3v) is 3.44. The van der Waals surface area contributed by atoms with Crippen LogP contribution in [0.15, 0.2) is 28.3 Å². The number of aromatic amines is 2. The normalized spacial score (nSPS) is 12.1. The Morgan fingerprint density at radius 2 is 2.18 bits per heavy atom. The first-order valence-electron chi connectivity index (χ1n) is 7.06. The Labute approximate surface area is 126 Å². The van der Waals surface area contributed by atoms with E-state index in [-0.39, 0.29) is 23.9 Å². The van der Waals surface area contributed by atoms with Crippen molar-refractivity contribution in [1.82, 2.24) is 24.8 Å². The second kappa shape index (κ2) is 6.88. The van der Waals surface area contributed by atoms with Gasteiger partial charge in [-0.3, -0.25) is 14.6 Å². The second-order valence-electron chi connectivity index (χ2n) is 5.12. The quantitative estimate of drug-likeness (QED) is 0.680. The van der Waals surface area contributed by atoms with Crippen LogP contribution in [0.1, 0.15) is 24.6 Å². The summed E-state index contributed by atoms with van der Waals surface area (Å²) in [7, 11) is 0. The first kappa shape index (κ1) is 15.7. The van der Waals surface area contributed by atoms with Crippen LogP contribution in [0.2, 0.25) is 0 Å². The highest BCUT2D eigenvalue weighted by molar-refractivity contribution is 5.78. The highest BCUT2D eigenvalue weighted by Crippen LogP contribution is 2.00. The maximum absolute atomic E-state index is 12.1. The van der Waals surface area contributed by atoms with Crippen LogP contribution in [-0.2, 0) is 17.8 Å². The summed E-state index contributed by atoms with van der Waals surface area (Å²) >= 11 is 0. The molecule has 2 aromatic rings. The summed E-state index contributed by atoms with van der Waals surface area (Å²) in [5.74, 6) is -0.257. The van der Waals surface area contributed by atoms with Gasteiger partial charge < -0.3 is 14.9 Å². The zero-order valence-corrected chi connectivity index (χ0v) is 12.5. The Balaban J connectivity index is 2.03. The maximum Gasteiger partial charge on any atom is 0.325 e. The summed E-state index contributed by atoms with van der Waals surface area (Å²) < 4.78 is 1.88. The first-order valence-corrected chi connectivity index (χ1v) is 7.06. The Bertz CT molecular complexity index is 745. The van der Waals surface area contributed by atoms with Crippen molar-refractivity contribution < 1.29 is 4.79 Å². The smallest absolute Gasteiger partial charge is 0.325 e. The zero-order valence-electron chi connectivity index (χ0n) is 12.5. The Morgan fingerprint density at radius 1 is 1.41 bits per heavy atom. The molecule has 1 amide bonds. The fourth-order valence-electron chi connectivity index (χ4n) is 2.20. The molecule has 2 heterocycles. The van der Waals surface area contributed by atoms with E-state index in [0.717, 1.165) is 6.42 Å². The number of nitrogens with one attached hydrogen (secondary N) is 3. The lowest BCUT2D eigenvalue weighted by atomic mass is 10.1. The van der Waals surface area contributed by atoms with Crippen LogP contribution >= 0.6 is 0 Å². The van der Waals surface area contributed by atoms with Gasteiger partial charge >= 0.3 is 5.69 Å². The van der Waals surface area contributed by atoms with Crippen LogP contribution in [0.3, 0.4) is 0 Å². The van der Waals surface area contributed by atoms with Gasteiger partial charge in [-0.25, -0.2) is 9.78 Å². The van der Waals surface area contributed by atoms with E-state index in [1.807, 2.05) is 17.7 Å². The molecule has 0 saturated carbocycles. The van der Waals surface area contributed by atoms with Crippen LogP contribution < -0.4 is 16.6 Å². The molecule has 2 aromatic heterocycles. The molecule has 2 rings (SSSR count). The number of carbonyl (C=O) groups is 1. The Hall–Kier alpha value is -2.64. The Morgan fingerprint density at radius 3 is 2.77 bits per heavy atom. The van der Waals surface area contributed by atoms with E-state index in [4.69, 9.17) is 0 Å². The third kappa shape index (κ3) is 3.94. The molecule has 0 aliphatic heterocycles. The summed E-state index contributed by atoms with van der Waals surface area (Å²) in [6.45, 7) is 4.19. The third-order valence-electron chi connectivity index (χ3n) is 3.44. The summed E-state index contributed by atoms with van der Waals surface area (Å²) in [5.41, 5.74) is -0.418. The van der Waals surface area contributed by atoms with Gasteiger partial charge in [-0.2, -0.15) is 0 Å². The predicted molar refractivity (Wildman–Crippen MR) is 80.6 cm³/mol. The van der Waals surface area contributed by atoms with Crippen molar-refractivity contribution in [3.05, 3.63) is 50.8 Å². The van der Waals surface area contributed by atoms with Gasteiger partial charge in [0.2, 0.25) is 5.91 Å². The lowest BCUT2D eigenvalue weighted by Crippen LogP contribution is -2.39. The molecule has 3 N–H and O–H groups in total. The maximum atomic E-state index is 12.1. The standard InChI is InChI=1S/C14H19N5O3/c1-3-10(7-19-5-4-15-8-19)17-12(20)6-11-9(2)16-14(22)18-13(11)21/h4-5,8,10H,3,6-7H2,1-2H3,(H,17,20)(H2,16,18,21,22)/t10-/m1/s1. The molecule has 0 bridgehead atoms. The van der Waals surface area contributed by atoms with Gasteiger partial charge in [-0.05, 0) is 13.3 Å². The lowest BCUT2D eigenvalue weighted by molar-refractivity contribution is -0.121. The van der Waals surface area contributed by atoms with E-state index in [0.29, 0.717) is 12.2 Å². The fraction of sp³-hybridized carbons (Fsp3) is 0.429. The van der Waals surface area contributed by atoms with Crippen molar-refractivity contribution in [3.63, 3.8) is 0 Å². The van der Waals surface area contributed by atoms with Crippen molar-refractivity contribution >= 4 is 5.91 Å². The van der Waals surface area contributed by atoms with Gasteiger partial charge in [-0.15, -0.1) is 0 Å². The number of amides is 1. The molecule has 0 aliphatic rings. The minimum atomic E-state index is -0.571. The van der Waals surface area contributed by atoms with Crippen LogP contribution in [0.5, 0.6) is 0 Å². The van der Waals surface area contributed by atoms with Crippen LogP contribution in [0, 0.1) is 6.92 Å². The van der Waals surface area contributed by atoms with E-state index >= 15 is 0 Å². The van der Waals surface area contributed by atoms with Gasteiger partial charge in [0.05, 0.1) is 12.7 Å². The minimum Gasteiger partial charge on any atom is -0.351 e. The summed E-state index contributed by atoms with van der Waals surface area (Å²) in [6, 6.07) is -0.0520. The van der Waals surface area contributed by atoms with Gasteiger partial charge in [0.1, 0.15) is 0 Å². The molecule has 0 spiro atoms. The van der Waals surface area contributed by atoms with E-state index in [1.165, 1.54) is 0 Å². The van der Waals surface area contributed by atoms with Crippen molar-refractivity contribution in [2.45, 2.75) is 39.3 Å². The number of rotatable bonds is 6. The number of hydrogen-bond donors (Lipinski definition) is 3. The van der Waals surface area contributed by atoms with Gasteiger partial charge in [0, 0.05) is 36.2 Å². The molecule has 8 heteroatoms. The van der Waals surface area contributed by atoms with Crippen molar-refractivity contribution in [1.29, 1.82) is 0 Å². The van der Waals surface area contributed by atoms with Gasteiger partial charge in [-0.1, -0.05) is 6.92 Å². The first-order chi connectivity index (χ1) is 10.5. The SMILES string of the molecule is CC[C@H](Cn1ccnc1)NC(=O)Cc1c(C)[nH]c(=O)[nH]c1=O. The number of aryl methyl sites for hydroxylation is 1. The number of H-pyrrole nitrogens is 2. The van der Waals surface area contributed by atoms with Crippen molar-refractivity contribution in [3.8, 4) is 0 Å². The highest BCUT2D eigenvalue weighted by Gasteiger charge is 2.15. The molecule has 0 fully saturated rings. The molecule has 0 radical (unpaired) electrons. The topological polar surface area (TPSA) is 113 Å². The highest BCUT2D eigenvalue weighted by atomic mass is 16.2. The van der Waals surface area contributed by atoms with Gasteiger partial charge in [0.15, 0.2) is 0 Å². The van der Waals surface area contributed by atoms with Crippen LogP contribution in [0.4, 0.5) is 0 Å². The average molecular weight is 305 g/mol. The average Bonchev–Trinajstić information content (AvgIpc) is 2.95.